The zero-order valence-electron chi connectivity index (χ0n) is 10.4. The van der Waals surface area contributed by atoms with E-state index in [1.165, 1.54) is 13.2 Å². The smallest absolute Gasteiger partial charge is 0.259 e. The number of rotatable bonds is 3. The molecule has 0 radical (unpaired) electrons. The third-order valence-electron chi connectivity index (χ3n) is 2.61. The molecule has 0 aromatic heterocycles. The fraction of sp³-hybridized carbons (Fsp3) is 0.0714. The quantitative estimate of drug-likeness (QED) is 0.868. The topological polar surface area (TPSA) is 38.3 Å². The van der Waals surface area contributed by atoms with Gasteiger partial charge in [-0.05, 0) is 30.3 Å². The van der Waals surface area contributed by atoms with Gasteiger partial charge in [0.25, 0.3) is 5.91 Å². The van der Waals surface area contributed by atoms with Crippen LogP contribution in [0.2, 0.25) is 15.1 Å². The molecule has 0 aliphatic heterocycles. The Bertz CT molecular complexity index is 659. The number of amides is 1. The van der Waals surface area contributed by atoms with Crippen molar-refractivity contribution in [3.8, 4) is 5.75 Å². The van der Waals surface area contributed by atoms with Crippen LogP contribution < -0.4 is 10.1 Å². The highest BCUT2D eigenvalue weighted by molar-refractivity contribution is 6.44. The van der Waals surface area contributed by atoms with E-state index in [2.05, 4.69) is 5.32 Å². The second kappa shape index (κ2) is 6.35. The summed E-state index contributed by atoms with van der Waals surface area (Å²) in [5.41, 5.74) is 0.738. The SMILES string of the molecule is COc1ccc(Cl)cc1C(=O)Nc1cccc(Cl)c1Cl. The first kappa shape index (κ1) is 15.0. The third-order valence-corrected chi connectivity index (χ3v) is 3.66. The van der Waals surface area contributed by atoms with Crippen LogP contribution in [0.5, 0.6) is 5.75 Å². The number of nitrogens with one attached hydrogen (secondary N) is 1. The largest absolute Gasteiger partial charge is 0.496 e. The van der Waals surface area contributed by atoms with E-state index in [4.69, 9.17) is 39.5 Å². The number of hydrogen-bond acceptors (Lipinski definition) is 2. The van der Waals surface area contributed by atoms with Crippen LogP contribution in [-0.4, -0.2) is 13.0 Å². The van der Waals surface area contributed by atoms with E-state index in [0.29, 0.717) is 27.0 Å². The Morgan fingerprint density at radius 1 is 1.15 bits per heavy atom. The molecule has 2 aromatic carbocycles. The normalized spacial score (nSPS) is 10.2. The first-order chi connectivity index (χ1) is 9.52. The lowest BCUT2D eigenvalue weighted by atomic mass is 10.2. The third kappa shape index (κ3) is 3.18. The van der Waals surface area contributed by atoms with Gasteiger partial charge in [-0.15, -0.1) is 0 Å². The van der Waals surface area contributed by atoms with Crippen molar-refractivity contribution in [2.45, 2.75) is 0 Å². The number of halogens is 3. The van der Waals surface area contributed by atoms with Crippen molar-refractivity contribution >= 4 is 46.4 Å². The fourth-order valence-electron chi connectivity index (χ4n) is 1.65. The molecule has 0 fully saturated rings. The molecule has 0 aliphatic rings. The van der Waals surface area contributed by atoms with Crippen LogP contribution in [0.3, 0.4) is 0 Å². The minimum Gasteiger partial charge on any atom is -0.496 e. The average molecular weight is 331 g/mol. The molecule has 6 heteroatoms. The molecule has 0 atom stereocenters. The summed E-state index contributed by atoms with van der Waals surface area (Å²) in [7, 11) is 1.48. The van der Waals surface area contributed by atoms with Crippen LogP contribution in [0, 0.1) is 0 Å². The fourth-order valence-corrected chi connectivity index (χ4v) is 2.17. The molecule has 0 unspecified atom stereocenters. The molecule has 0 spiro atoms. The van der Waals surface area contributed by atoms with Crippen molar-refractivity contribution in [3.63, 3.8) is 0 Å². The Morgan fingerprint density at radius 3 is 2.60 bits per heavy atom. The van der Waals surface area contributed by atoms with Crippen LogP contribution in [0.15, 0.2) is 36.4 Å². The lowest BCUT2D eigenvalue weighted by molar-refractivity contribution is 0.102. The number of ether oxygens (including phenoxy) is 1. The molecule has 104 valence electrons. The van der Waals surface area contributed by atoms with E-state index in [1.54, 1.807) is 30.3 Å². The van der Waals surface area contributed by atoms with Crippen molar-refractivity contribution in [1.82, 2.24) is 0 Å². The van der Waals surface area contributed by atoms with E-state index in [0.717, 1.165) is 0 Å². The van der Waals surface area contributed by atoms with Crippen LogP contribution in [0.4, 0.5) is 5.69 Å². The van der Waals surface area contributed by atoms with Gasteiger partial charge in [0.2, 0.25) is 0 Å². The maximum atomic E-state index is 12.3. The molecule has 0 saturated heterocycles. The van der Waals surface area contributed by atoms with Crippen LogP contribution in [0.25, 0.3) is 0 Å². The van der Waals surface area contributed by atoms with Gasteiger partial charge in [-0.25, -0.2) is 0 Å². The summed E-state index contributed by atoms with van der Waals surface area (Å²) in [4.78, 5) is 12.3. The monoisotopic (exact) mass is 329 g/mol. The van der Waals surface area contributed by atoms with Crippen molar-refractivity contribution in [3.05, 3.63) is 57.0 Å². The Morgan fingerprint density at radius 2 is 1.90 bits per heavy atom. The Labute approximate surface area is 131 Å². The Hall–Kier alpha value is -1.42. The molecule has 0 heterocycles. The van der Waals surface area contributed by atoms with Gasteiger partial charge in [-0.3, -0.25) is 4.79 Å². The number of methoxy groups -OCH3 is 1. The standard InChI is InChI=1S/C14H10Cl3NO2/c1-20-12-6-5-8(15)7-9(12)14(19)18-11-4-2-3-10(16)13(11)17/h2-7H,1H3,(H,18,19). The van der Waals surface area contributed by atoms with Crippen LogP contribution in [-0.2, 0) is 0 Å². The highest BCUT2D eigenvalue weighted by Gasteiger charge is 2.15. The molecular weight excluding hydrogens is 321 g/mol. The first-order valence-electron chi connectivity index (χ1n) is 5.62. The highest BCUT2D eigenvalue weighted by Crippen LogP contribution is 2.31. The van der Waals surface area contributed by atoms with E-state index < -0.39 is 0 Å². The van der Waals surface area contributed by atoms with Crippen molar-refractivity contribution in [2.75, 3.05) is 12.4 Å². The average Bonchev–Trinajstić information content (AvgIpc) is 2.43. The first-order valence-corrected chi connectivity index (χ1v) is 6.75. The summed E-state index contributed by atoms with van der Waals surface area (Å²) in [6.07, 6.45) is 0. The number of carbonyl (C=O) groups excluding carboxylic acids is 1. The molecule has 1 N–H and O–H groups in total. The van der Waals surface area contributed by atoms with Gasteiger partial charge in [-0.2, -0.15) is 0 Å². The number of hydrogen-bond donors (Lipinski definition) is 1. The van der Waals surface area contributed by atoms with E-state index >= 15 is 0 Å². The summed E-state index contributed by atoms with van der Waals surface area (Å²) in [6, 6.07) is 9.77. The second-order valence-electron chi connectivity index (χ2n) is 3.90. The molecule has 3 nitrogen and oxygen atoms in total. The maximum absolute atomic E-state index is 12.3. The summed E-state index contributed by atoms with van der Waals surface area (Å²) < 4.78 is 5.13. The molecule has 0 bridgehead atoms. The zero-order valence-corrected chi connectivity index (χ0v) is 12.7. The maximum Gasteiger partial charge on any atom is 0.259 e. The molecule has 2 rings (SSSR count). The van der Waals surface area contributed by atoms with E-state index in [-0.39, 0.29) is 10.9 Å². The lowest BCUT2D eigenvalue weighted by Gasteiger charge is -2.11. The van der Waals surface area contributed by atoms with Crippen LogP contribution in [0.1, 0.15) is 10.4 Å². The van der Waals surface area contributed by atoms with Crippen molar-refractivity contribution in [2.24, 2.45) is 0 Å². The van der Waals surface area contributed by atoms with E-state index in [1.807, 2.05) is 0 Å². The van der Waals surface area contributed by atoms with Gasteiger partial charge < -0.3 is 10.1 Å². The minimum atomic E-state index is -0.381. The summed E-state index contributed by atoms with van der Waals surface area (Å²) in [5.74, 6) is 0.0403. The minimum absolute atomic E-state index is 0.281. The number of carbonyl (C=O) groups is 1. The zero-order chi connectivity index (χ0) is 14.7. The molecule has 1 amide bonds. The van der Waals surface area contributed by atoms with Gasteiger partial charge in [-0.1, -0.05) is 40.9 Å². The predicted molar refractivity (Wildman–Crippen MR) is 82.4 cm³/mol. The highest BCUT2D eigenvalue weighted by atomic mass is 35.5. The van der Waals surface area contributed by atoms with Gasteiger partial charge in [0.15, 0.2) is 0 Å². The van der Waals surface area contributed by atoms with Gasteiger partial charge in [0, 0.05) is 5.02 Å². The number of anilines is 1. The predicted octanol–water partition coefficient (Wildman–Crippen LogP) is 4.91. The summed E-state index contributed by atoms with van der Waals surface area (Å²) >= 11 is 17.8. The molecule has 20 heavy (non-hydrogen) atoms. The molecule has 0 saturated carbocycles. The van der Waals surface area contributed by atoms with Gasteiger partial charge >= 0.3 is 0 Å². The van der Waals surface area contributed by atoms with Gasteiger partial charge in [0.1, 0.15) is 5.75 Å². The molecule has 2 aromatic rings. The van der Waals surface area contributed by atoms with Crippen LogP contribution >= 0.6 is 34.8 Å². The Balaban J connectivity index is 2.33. The second-order valence-corrected chi connectivity index (χ2v) is 5.12. The lowest BCUT2D eigenvalue weighted by Crippen LogP contribution is -2.13. The summed E-state index contributed by atoms with van der Waals surface area (Å²) in [6.45, 7) is 0. The molecular formula is C14H10Cl3NO2. The molecule has 0 aliphatic carbocycles. The van der Waals surface area contributed by atoms with Gasteiger partial charge in [0.05, 0.1) is 28.4 Å². The van der Waals surface area contributed by atoms with Crippen molar-refractivity contribution < 1.29 is 9.53 Å². The van der Waals surface area contributed by atoms with E-state index in [9.17, 15) is 4.79 Å². The van der Waals surface area contributed by atoms with Crippen molar-refractivity contribution in [1.29, 1.82) is 0 Å². The number of benzene rings is 2. The summed E-state index contributed by atoms with van der Waals surface area (Å²) in [5, 5.41) is 3.76. The Kier molecular flexibility index (Phi) is 4.76.